The van der Waals surface area contributed by atoms with Gasteiger partial charge in [-0.1, -0.05) is 0 Å². The van der Waals surface area contributed by atoms with E-state index in [0.717, 1.165) is 13.1 Å². The summed E-state index contributed by atoms with van der Waals surface area (Å²) in [5.74, 6) is 0.698. The lowest BCUT2D eigenvalue weighted by molar-refractivity contribution is 0.00608. The van der Waals surface area contributed by atoms with Crippen LogP contribution >= 0.6 is 0 Å². The van der Waals surface area contributed by atoms with Gasteiger partial charge in [-0.05, 0) is 6.92 Å². The topological polar surface area (TPSA) is 76.9 Å². The number of aliphatic imine (C=N–C) groups is 1. The molecular formula is C7H15N3O2. The molecule has 4 N–H and O–H groups in total. The lowest BCUT2D eigenvalue weighted by atomic mass is 10.1. The zero-order valence-corrected chi connectivity index (χ0v) is 7.17. The van der Waals surface area contributed by atoms with Crippen LogP contribution in [-0.4, -0.2) is 48.0 Å². The molecule has 0 aromatic rings. The first-order chi connectivity index (χ1) is 5.64. The number of guanidine groups is 1. The van der Waals surface area contributed by atoms with E-state index in [1.54, 1.807) is 6.92 Å². The van der Waals surface area contributed by atoms with Gasteiger partial charge in [0.15, 0.2) is 5.96 Å². The van der Waals surface area contributed by atoms with E-state index in [1.807, 2.05) is 0 Å². The van der Waals surface area contributed by atoms with Crippen LogP contribution in [0.15, 0.2) is 4.99 Å². The van der Waals surface area contributed by atoms with Gasteiger partial charge in [-0.25, -0.2) is 0 Å². The quantitative estimate of drug-likeness (QED) is 0.409. The molecule has 0 amide bonds. The molecule has 1 rings (SSSR count). The summed E-state index contributed by atoms with van der Waals surface area (Å²) in [4.78, 5) is 4.07. The average Bonchev–Trinajstić information content (AvgIpc) is 2.53. The molecule has 12 heavy (non-hydrogen) atoms. The molecule has 0 spiro atoms. The second-order valence-corrected chi connectivity index (χ2v) is 3.17. The Bertz CT molecular complexity index is 179. The number of nitrogens with one attached hydrogen (secondary N) is 2. The highest BCUT2D eigenvalue weighted by molar-refractivity contribution is 5.81. The highest BCUT2D eigenvalue weighted by atomic mass is 16.3. The van der Waals surface area contributed by atoms with E-state index >= 15 is 0 Å². The van der Waals surface area contributed by atoms with Crippen LogP contribution in [0.3, 0.4) is 0 Å². The third kappa shape index (κ3) is 2.67. The Kier molecular flexibility index (Phi) is 2.88. The molecule has 0 bridgehead atoms. The van der Waals surface area contributed by atoms with Crippen molar-refractivity contribution in [2.45, 2.75) is 12.5 Å². The second kappa shape index (κ2) is 3.73. The van der Waals surface area contributed by atoms with Crippen molar-refractivity contribution < 1.29 is 10.2 Å². The molecule has 0 aromatic heterocycles. The molecular weight excluding hydrogens is 158 g/mol. The number of rotatable bonds is 3. The molecule has 0 aliphatic carbocycles. The summed E-state index contributed by atoms with van der Waals surface area (Å²) in [5, 5.41) is 24.0. The third-order valence-electron chi connectivity index (χ3n) is 1.65. The number of hydrogen-bond donors (Lipinski definition) is 4. The molecule has 5 nitrogen and oxygen atoms in total. The van der Waals surface area contributed by atoms with Crippen LogP contribution in [0.2, 0.25) is 0 Å². The average molecular weight is 173 g/mol. The van der Waals surface area contributed by atoms with Crippen LogP contribution in [0.4, 0.5) is 0 Å². The highest BCUT2D eigenvalue weighted by Gasteiger charge is 2.19. The van der Waals surface area contributed by atoms with E-state index in [-0.39, 0.29) is 6.61 Å². The van der Waals surface area contributed by atoms with Gasteiger partial charge in [-0.15, -0.1) is 0 Å². The molecule has 0 radical (unpaired) electrons. The smallest absolute Gasteiger partial charge is 0.191 e. The van der Waals surface area contributed by atoms with Crippen LogP contribution in [0, 0.1) is 0 Å². The first-order valence-corrected chi connectivity index (χ1v) is 3.99. The van der Waals surface area contributed by atoms with Crippen molar-refractivity contribution in [1.82, 2.24) is 10.6 Å². The minimum absolute atomic E-state index is 0.257. The van der Waals surface area contributed by atoms with Crippen molar-refractivity contribution in [3.63, 3.8) is 0 Å². The summed E-state index contributed by atoms with van der Waals surface area (Å²) in [7, 11) is 0. The molecule has 5 heteroatoms. The Morgan fingerprint density at radius 3 is 3.00 bits per heavy atom. The fourth-order valence-electron chi connectivity index (χ4n) is 0.846. The van der Waals surface area contributed by atoms with Crippen molar-refractivity contribution >= 4 is 5.96 Å². The van der Waals surface area contributed by atoms with Crippen LogP contribution in [-0.2, 0) is 0 Å². The second-order valence-electron chi connectivity index (χ2n) is 3.17. The van der Waals surface area contributed by atoms with Gasteiger partial charge < -0.3 is 20.8 Å². The monoisotopic (exact) mass is 173 g/mol. The molecule has 0 saturated heterocycles. The van der Waals surface area contributed by atoms with E-state index in [9.17, 15) is 5.11 Å². The van der Waals surface area contributed by atoms with E-state index in [0.29, 0.717) is 12.5 Å². The third-order valence-corrected chi connectivity index (χ3v) is 1.65. The number of aliphatic hydroxyl groups is 2. The Morgan fingerprint density at radius 1 is 1.75 bits per heavy atom. The predicted molar refractivity (Wildman–Crippen MR) is 46.0 cm³/mol. The minimum atomic E-state index is -1.08. The van der Waals surface area contributed by atoms with Gasteiger partial charge in [-0.3, -0.25) is 4.99 Å². The van der Waals surface area contributed by atoms with Crippen LogP contribution < -0.4 is 10.6 Å². The number of nitrogens with zero attached hydrogens (tertiary/aromatic N) is 1. The van der Waals surface area contributed by atoms with E-state index < -0.39 is 5.60 Å². The van der Waals surface area contributed by atoms with Crippen LogP contribution in [0.5, 0.6) is 0 Å². The SMILES string of the molecule is CC(O)(CO)CNC1=NCCN1. The lowest BCUT2D eigenvalue weighted by Crippen LogP contribution is -2.46. The number of hydrogen-bond acceptors (Lipinski definition) is 5. The summed E-state index contributed by atoms with van der Waals surface area (Å²) >= 11 is 0. The Labute approximate surface area is 71.5 Å². The Balaban J connectivity index is 2.24. The molecule has 1 atom stereocenters. The minimum Gasteiger partial charge on any atom is -0.393 e. The Morgan fingerprint density at radius 2 is 2.50 bits per heavy atom. The van der Waals surface area contributed by atoms with Crippen molar-refractivity contribution in [2.75, 3.05) is 26.2 Å². The van der Waals surface area contributed by atoms with E-state index in [1.165, 1.54) is 0 Å². The van der Waals surface area contributed by atoms with Gasteiger partial charge >= 0.3 is 0 Å². The summed E-state index contributed by atoms with van der Waals surface area (Å²) < 4.78 is 0. The molecule has 0 aromatic carbocycles. The maximum atomic E-state index is 9.39. The maximum Gasteiger partial charge on any atom is 0.191 e. The van der Waals surface area contributed by atoms with Gasteiger partial charge in [0, 0.05) is 13.1 Å². The lowest BCUT2D eigenvalue weighted by Gasteiger charge is -2.21. The first kappa shape index (κ1) is 9.28. The summed E-state index contributed by atoms with van der Waals surface area (Å²) in [6.45, 7) is 3.21. The summed E-state index contributed by atoms with van der Waals surface area (Å²) in [5.41, 5.74) is -1.08. The molecule has 0 saturated carbocycles. The van der Waals surface area contributed by atoms with Gasteiger partial charge in [0.25, 0.3) is 0 Å². The van der Waals surface area contributed by atoms with Gasteiger partial charge in [0.1, 0.15) is 5.60 Å². The fourth-order valence-corrected chi connectivity index (χ4v) is 0.846. The van der Waals surface area contributed by atoms with Gasteiger partial charge in [0.05, 0.1) is 13.2 Å². The summed E-state index contributed by atoms with van der Waals surface area (Å²) in [6.07, 6.45) is 0. The molecule has 1 aliphatic heterocycles. The van der Waals surface area contributed by atoms with Crippen molar-refractivity contribution in [1.29, 1.82) is 0 Å². The number of aliphatic hydroxyl groups excluding tert-OH is 1. The van der Waals surface area contributed by atoms with E-state index in [4.69, 9.17) is 5.11 Å². The highest BCUT2D eigenvalue weighted by Crippen LogP contribution is 1.98. The first-order valence-electron chi connectivity index (χ1n) is 3.99. The predicted octanol–water partition coefficient (Wildman–Crippen LogP) is -1.72. The van der Waals surface area contributed by atoms with Gasteiger partial charge in [-0.2, -0.15) is 0 Å². The summed E-state index contributed by atoms with van der Waals surface area (Å²) in [6, 6.07) is 0. The molecule has 1 aliphatic rings. The zero-order chi connectivity index (χ0) is 9.03. The van der Waals surface area contributed by atoms with E-state index in [2.05, 4.69) is 15.6 Å². The molecule has 0 fully saturated rings. The zero-order valence-electron chi connectivity index (χ0n) is 7.17. The van der Waals surface area contributed by atoms with Gasteiger partial charge in [0.2, 0.25) is 0 Å². The Hall–Kier alpha value is -0.810. The molecule has 1 heterocycles. The normalized spacial score (nSPS) is 21.1. The van der Waals surface area contributed by atoms with Crippen molar-refractivity contribution in [2.24, 2.45) is 4.99 Å². The maximum absolute atomic E-state index is 9.39. The molecule has 70 valence electrons. The fraction of sp³-hybridized carbons (Fsp3) is 0.857. The standard InChI is InChI=1S/C7H15N3O2/c1-7(12,5-11)4-10-6-8-2-3-9-6/h11-12H,2-5H2,1H3,(H2,8,9,10). The van der Waals surface area contributed by atoms with Crippen molar-refractivity contribution in [3.05, 3.63) is 0 Å². The van der Waals surface area contributed by atoms with Crippen molar-refractivity contribution in [3.8, 4) is 0 Å². The molecule has 1 unspecified atom stereocenters. The van der Waals surface area contributed by atoms with Crippen LogP contribution in [0.1, 0.15) is 6.92 Å². The largest absolute Gasteiger partial charge is 0.393 e. The van der Waals surface area contributed by atoms with Crippen LogP contribution in [0.25, 0.3) is 0 Å².